The lowest BCUT2D eigenvalue weighted by molar-refractivity contribution is 0.394. The van der Waals surface area contributed by atoms with E-state index in [2.05, 4.69) is 42.0 Å². The van der Waals surface area contributed by atoms with E-state index in [1.165, 1.54) is 10.9 Å². The van der Waals surface area contributed by atoms with E-state index < -0.39 is 0 Å². The minimum Gasteiger partial charge on any atom is -0.482 e. The quantitative estimate of drug-likeness (QED) is 0.741. The van der Waals surface area contributed by atoms with E-state index in [0.717, 1.165) is 12.3 Å². The van der Waals surface area contributed by atoms with Crippen molar-refractivity contribution in [3.63, 3.8) is 0 Å². The van der Waals surface area contributed by atoms with Gasteiger partial charge in [-0.15, -0.1) is 0 Å². The van der Waals surface area contributed by atoms with Crippen molar-refractivity contribution >= 4 is 17.1 Å². The second kappa shape index (κ2) is 4.22. The standard InChI is InChI=1S/C13H15NO/c1-3-4-9-14-12-8-6-5-7-11(12)10-13(14)15-2/h4-10H,3H2,1-2H3. The van der Waals surface area contributed by atoms with Crippen LogP contribution in [0.2, 0.25) is 0 Å². The van der Waals surface area contributed by atoms with Gasteiger partial charge in [0.05, 0.1) is 12.6 Å². The summed E-state index contributed by atoms with van der Waals surface area (Å²) in [4.78, 5) is 0. The van der Waals surface area contributed by atoms with Gasteiger partial charge in [0.2, 0.25) is 0 Å². The fourth-order valence-corrected chi connectivity index (χ4v) is 1.67. The molecule has 2 aromatic rings. The number of hydrogen-bond donors (Lipinski definition) is 0. The Morgan fingerprint density at radius 3 is 2.87 bits per heavy atom. The molecular formula is C13H15NO. The zero-order valence-electron chi connectivity index (χ0n) is 9.10. The highest BCUT2D eigenvalue weighted by Crippen LogP contribution is 2.25. The van der Waals surface area contributed by atoms with Gasteiger partial charge in [-0.1, -0.05) is 31.2 Å². The van der Waals surface area contributed by atoms with Crippen LogP contribution in [0.15, 0.2) is 36.4 Å². The molecule has 15 heavy (non-hydrogen) atoms. The molecule has 1 aromatic carbocycles. The molecule has 0 radical (unpaired) electrons. The van der Waals surface area contributed by atoms with E-state index in [1.807, 2.05) is 12.1 Å². The van der Waals surface area contributed by atoms with Gasteiger partial charge in [0.15, 0.2) is 5.88 Å². The molecule has 0 fully saturated rings. The topological polar surface area (TPSA) is 14.2 Å². The lowest BCUT2D eigenvalue weighted by Gasteiger charge is -2.02. The maximum atomic E-state index is 5.34. The summed E-state index contributed by atoms with van der Waals surface area (Å²) >= 11 is 0. The molecule has 0 amide bonds. The molecule has 0 spiro atoms. The molecule has 0 saturated carbocycles. The number of para-hydroxylation sites is 1. The summed E-state index contributed by atoms with van der Waals surface area (Å²) in [6, 6.07) is 10.3. The number of methoxy groups -OCH3 is 1. The third-order valence-electron chi connectivity index (χ3n) is 2.41. The Bertz CT molecular complexity index is 482. The minimum atomic E-state index is 0.876. The van der Waals surface area contributed by atoms with Gasteiger partial charge in [-0.25, -0.2) is 0 Å². The number of benzene rings is 1. The lowest BCUT2D eigenvalue weighted by atomic mass is 10.2. The average molecular weight is 201 g/mol. The first-order chi connectivity index (χ1) is 7.36. The molecule has 0 aliphatic heterocycles. The summed E-state index contributed by atoms with van der Waals surface area (Å²) in [6.45, 7) is 2.12. The summed E-state index contributed by atoms with van der Waals surface area (Å²) in [5, 5.41) is 1.20. The lowest BCUT2D eigenvalue weighted by Crippen LogP contribution is -1.91. The monoisotopic (exact) mass is 201 g/mol. The second-order valence-electron chi connectivity index (χ2n) is 3.41. The normalized spacial score (nSPS) is 11.3. The van der Waals surface area contributed by atoms with Crippen LogP contribution in [-0.4, -0.2) is 11.7 Å². The molecule has 2 rings (SSSR count). The maximum absolute atomic E-state index is 5.34. The van der Waals surface area contributed by atoms with Gasteiger partial charge in [0.1, 0.15) is 0 Å². The molecule has 0 aliphatic carbocycles. The summed E-state index contributed by atoms with van der Waals surface area (Å²) < 4.78 is 7.41. The molecule has 2 heteroatoms. The summed E-state index contributed by atoms with van der Waals surface area (Å²) in [5.74, 6) is 0.876. The van der Waals surface area contributed by atoms with Gasteiger partial charge >= 0.3 is 0 Å². The summed E-state index contributed by atoms with van der Waals surface area (Å²) in [5.41, 5.74) is 1.18. The van der Waals surface area contributed by atoms with E-state index in [0.29, 0.717) is 0 Å². The van der Waals surface area contributed by atoms with Crippen molar-refractivity contribution in [2.75, 3.05) is 7.11 Å². The van der Waals surface area contributed by atoms with Crippen molar-refractivity contribution in [3.8, 4) is 5.88 Å². The van der Waals surface area contributed by atoms with Crippen LogP contribution < -0.4 is 4.74 Å². The summed E-state index contributed by atoms with van der Waals surface area (Å²) in [6.07, 6.45) is 5.20. The van der Waals surface area contributed by atoms with Crippen molar-refractivity contribution in [2.45, 2.75) is 13.3 Å². The van der Waals surface area contributed by atoms with Gasteiger partial charge in [0.25, 0.3) is 0 Å². The van der Waals surface area contributed by atoms with Gasteiger partial charge in [-0.05, 0) is 12.5 Å². The molecule has 1 heterocycles. The molecule has 0 atom stereocenters. The van der Waals surface area contributed by atoms with E-state index in [-0.39, 0.29) is 0 Å². The predicted molar refractivity (Wildman–Crippen MR) is 64.1 cm³/mol. The van der Waals surface area contributed by atoms with Gasteiger partial charge in [-0.3, -0.25) is 4.57 Å². The van der Waals surface area contributed by atoms with Crippen molar-refractivity contribution in [3.05, 3.63) is 36.4 Å². The third kappa shape index (κ3) is 1.75. The average Bonchev–Trinajstić information content (AvgIpc) is 2.64. The molecule has 0 N–H and O–H groups in total. The van der Waals surface area contributed by atoms with Gasteiger partial charge in [-0.2, -0.15) is 0 Å². The zero-order valence-corrected chi connectivity index (χ0v) is 9.10. The first-order valence-corrected chi connectivity index (χ1v) is 5.17. The largest absolute Gasteiger partial charge is 0.482 e. The highest BCUT2D eigenvalue weighted by molar-refractivity contribution is 5.84. The molecule has 78 valence electrons. The van der Waals surface area contributed by atoms with Crippen molar-refractivity contribution in [1.29, 1.82) is 0 Å². The van der Waals surface area contributed by atoms with E-state index >= 15 is 0 Å². The van der Waals surface area contributed by atoms with Crippen LogP contribution in [0.25, 0.3) is 17.1 Å². The van der Waals surface area contributed by atoms with E-state index in [9.17, 15) is 0 Å². The number of hydrogen-bond acceptors (Lipinski definition) is 1. The molecule has 1 aromatic heterocycles. The minimum absolute atomic E-state index is 0.876. The van der Waals surface area contributed by atoms with Crippen molar-refractivity contribution in [1.82, 2.24) is 4.57 Å². The number of aromatic nitrogens is 1. The Hall–Kier alpha value is -1.70. The SMILES string of the molecule is CCC=Cn1c(OC)cc2ccccc21. The Balaban J connectivity index is 2.61. The molecule has 0 unspecified atom stereocenters. The summed E-state index contributed by atoms with van der Waals surface area (Å²) in [7, 11) is 1.70. The molecule has 0 bridgehead atoms. The van der Waals surface area contributed by atoms with Crippen LogP contribution in [0.3, 0.4) is 0 Å². The number of rotatable bonds is 3. The fraction of sp³-hybridized carbons (Fsp3) is 0.231. The highest BCUT2D eigenvalue weighted by Gasteiger charge is 2.05. The van der Waals surface area contributed by atoms with Crippen molar-refractivity contribution < 1.29 is 4.74 Å². The second-order valence-corrected chi connectivity index (χ2v) is 3.41. The number of ether oxygens (including phenoxy) is 1. The first kappa shape index (κ1) is 9.84. The molecule has 0 saturated heterocycles. The van der Waals surface area contributed by atoms with Crippen LogP contribution >= 0.6 is 0 Å². The zero-order chi connectivity index (χ0) is 10.7. The first-order valence-electron chi connectivity index (χ1n) is 5.17. The van der Waals surface area contributed by atoms with Crippen LogP contribution in [0.5, 0.6) is 5.88 Å². The number of fused-ring (bicyclic) bond motifs is 1. The Morgan fingerprint density at radius 2 is 2.13 bits per heavy atom. The van der Waals surface area contributed by atoms with Crippen LogP contribution in [0, 0.1) is 0 Å². The highest BCUT2D eigenvalue weighted by atomic mass is 16.5. The Morgan fingerprint density at radius 1 is 1.33 bits per heavy atom. The Labute approximate surface area is 89.8 Å². The van der Waals surface area contributed by atoms with Crippen LogP contribution in [0.4, 0.5) is 0 Å². The molecule has 2 nitrogen and oxygen atoms in total. The van der Waals surface area contributed by atoms with E-state index in [4.69, 9.17) is 4.74 Å². The third-order valence-corrected chi connectivity index (χ3v) is 2.41. The van der Waals surface area contributed by atoms with Gasteiger partial charge < -0.3 is 4.74 Å². The van der Waals surface area contributed by atoms with E-state index in [1.54, 1.807) is 7.11 Å². The number of allylic oxidation sites excluding steroid dienone is 1. The number of nitrogens with zero attached hydrogens (tertiary/aromatic N) is 1. The molecule has 0 aliphatic rings. The smallest absolute Gasteiger partial charge is 0.198 e. The maximum Gasteiger partial charge on any atom is 0.198 e. The van der Waals surface area contributed by atoms with Crippen LogP contribution in [0.1, 0.15) is 13.3 Å². The molecular weight excluding hydrogens is 186 g/mol. The Kier molecular flexibility index (Phi) is 2.77. The van der Waals surface area contributed by atoms with Crippen LogP contribution in [-0.2, 0) is 0 Å². The van der Waals surface area contributed by atoms with Gasteiger partial charge in [0, 0.05) is 17.7 Å². The van der Waals surface area contributed by atoms with Crippen molar-refractivity contribution in [2.24, 2.45) is 0 Å². The predicted octanol–water partition coefficient (Wildman–Crippen LogP) is 3.53. The fourth-order valence-electron chi connectivity index (χ4n) is 1.67.